The number of rotatable bonds is 12. The number of carbonyl (C=O) groups is 2. The number of halogens is 1. The average molecular weight is 503 g/mol. The van der Waals surface area contributed by atoms with Gasteiger partial charge in [-0.3, -0.25) is 9.59 Å². The zero-order chi connectivity index (χ0) is 23.5. The lowest BCUT2D eigenvalue weighted by Crippen LogP contribution is -2.50. The van der Waals surface area contributed by atoms with Crippen LogP contribution in [0.3, 0.4) is 0 Å². The molecule has 32 heavy (non-hydrogen) atoms. The number of nitrogens with zero attached hydrogens (tertiary/aromatic N) is 1. The molecule has 5 nitrogen and oxygen atoms in total. The van der Waals surface area contributed by atoms with Crippen LogP contribution in [0.1, 0.15) is 56.7 Å². The van der Waals surface area contributed by atoms with Crippen LogP contribution in [-0.4, -0.2) is 35.9 Å². The molecule has 0 aromatic heterocycles. The third kappa shape index (κ3) is 7.37. The van der Waals surface area contributed by atoms with E-state index in [4.69, 9.17) is 4.74 Å². The fourth-order valence-electron chi connectivity index (χ4n) is 3.50. The molecule has 2 rings (SSSR count). The first-order valence-corrected chi connectivity index (χ1v) is 12.2. The molecule has 0 spiro atoms. The summed E-state index contributed by atoms with van der Waals surface area (Å²) in [5.74, 6) is 0.292. The van der Waals surface area contributed by atoms with Gasteiger partial charge in [0, 0.05) is 13.1 Å². The minimum atomic E-state index is -0.548. The molecule has 0 fully saturated rings. The predicted octanol–water partition coefficient (Wildman–Crippen LogP) is 5.42. The summed E-state index contributed by atoms with van der Waals surface area (Å²) in [5, 5.41) is 2.98. The van der Waals surface area contributed by atoms with E-state index < -0.39 is 6.04 Å². The van der Waals surface area contributed by atoms with Gasteiger partial charge in [-0.25, -0.2) is 0 Å². The van der Waals surface area contributed by atoms with Gasteiger partial charge in [0.15, 0.2) is 6.61 Å². The van der Waals surface area contributed by atoms with Crippen LogP contribution in [0.4, 0.5) is 0 Å². The number of hydrogen-bond donors (Lipinski definition) is 1. The Morgan fingerprint density at radius 2 is 1.88 bits per heavy atom. The Bertz CT molecular complexity index is 900. The Morgan fingerprint density at radius 3 is 2.50 bits per heavy atom. The average Bonchev–Trinajstić information content (AvgIpc) is 2.79. The lowest BCUT2D eigenvalue weighted by Gasteiger charge is -2.31. The quantitative estimate of drug-likeness (QED) is 0.394. The first-order chi connectivity index (χ1) is 15.4. The summed E-state index contributed by atoms with van der Waals surface area (Å²) in [6, 6.07) is 13.3. The third-order valence-corrected chi connectivity index (χ3v) is 6.19. The minimum Gasteiger partial charge on any atom is -0.483 e. The molecule has 0 heterocycles. The van der Waals surface area contributed by atoms with Crippen molar-refractivity contribution >= 4 is 27.7 Å². The Balaban J connectivity index is 2.21. The van der Waals surface area contributed by atoms with Crippen molar-refractivity contribution in [3.63, 3.8) is 0 Å². The lowest BCUT2D eigenvalue weighted by molar-refractivity contribution is -0.143. The SMILES string of the molecule is CCCCNC(=O)[C@@H](CC)N(Cc1ccccc1C)C(=O)COc1ccc(CC)cc1Br. The second kappa shape index (κ2) is 13.3. The van der Waals surface area contributed by atoms with Crippen molar-refractivity contribution in [1.82, 2.24) is 10.2 Å². The van der Waals surface area contributed by atoms with Gasteiger partial charge in [-0.05, 0) is 70.9 Å². The number of carbonyl (C=O) groups excluding carboxylic acids is 2. The molecule has 0 aliphatic rings. The molecule has 6 heteroatoms. The monoisotopic (exact) mass is 502 g/mol. The van der Waals surface area contributed by atoms with Crippen LogP contribution >= 0.6 is 15.9 Å². The summed E-state index contributed by atoms with van der Waals surface area (Å²) < 4.78 is 6.67. The van der Waals surface area contributed by atoms with Gasteiger partial charge >= 0.3 is 0 Å². The minimum absolute atomic E-state index is 0.114. The van der Waals surface area contributed by atoms with Gasteiger partial charge in [0.1, 0.15) is 11.8 Å². The maximum atomic E-state index is 13.3. The maximum Gasteiger partial charge on any atom is 0.261 e. The summed E-state index contributed by atoms with van der Waals surface area (Å²) in [7, 11) is 0. The van der Waals surface area contributed by atoms with Gasteiger partial charge < -0.3 is 15.0 Å². The highest BCUT2D eigenvalue weighted by Gasteiger charge is 2.29. The van der Waals surface area contributed by atoms with E-state index in [1.165, 1.54) is 5.56 Å². The summed E-state index contributed by atoms with van der Waals surface area (Å²) in [4.78, 5) is 27.9. The molecular weight excluding hydrogens is 468 g/mol. The second-order valence-electron chi connectivity index (χ2n) is 7.92. The van der Waals surface area contributed by atoms with Gasteiger partial charge in [-0.15, -0.1) is 0 Å². The zero-order valence-corrected chi connectivity index (χ0v) is 21.2. The summed E-state index contributed by atoms with van der Waals surface area (Å²) in [5.41, 5.74) is 3.30. The summed E-state index contributed by atoms with van der Waals surface area (Å²) in [6.07, 6.45) is 3.37. The number of ether oxygens (including phenoxy) is 1. The van der Waals surface area contributed by atoms with E-state index in [-0.39, 0.29) is 18.4 Å². The molecule has 174 valence electrons. The van der Waals surface area contributed by atoms with E-state index in [0.717, 1.165) is 34.9 Å². The highest BCUT2D eigenvalue weighted by Crippen LogP contribution is 2.26. The molecule has 0 aliphatic carbocycles. The van der Waals surface area contributed by atoms with E-state index in [0.29, 0.717) is 25.3 Å². The lowest BCUT2D eigenvalue weighted by atomic mass is 10.1. The highest BCUT2D eigenvalue weighted by molar-refractivity contribution is 9.10. The molecule has 2 aromatic carbocycles. The number of hydrogen-bond acceptors (Lipinski definition) is 3. The van der Waals surface area contributed by atoms with Crippen molar-refractivity contribution < 1.29 is 14.3 Å². The predicted molar refractivity (Wildman–Crippen MR) is 133 cm³/mol. The number of unbranched alkanes of at least 4 members (excludes halogenated alkanes) is 1. The number of benzene rings is 2. The van der Waals surface area contributed by atoms with Crippen molar-refractivity contribution in [1.29, 1.82) is 0 Å². The summed E-state index contributed by atoms with van der Waals surface area (Å²) >= 11 is 3.53. The standard InChI is InChI=1S/C26H35BrN2O3/c1-5-8-15-28-26(31)23(7-3)29(17-21-12-10-9-11-19(21)4)25(30)18-32-24-14-13-20(6-2)16-22(24)27/h9-14,16,23H,5-8,15,17-18H2,1-4H3,(H,28,31)/t23-/m1/s1. The van der Waals surface area contributed by atoms with E-state index in [2.05, 4.69) is 35.1 Å². The Hall–Kier alpha value is -2.34. The van der Waals surface area contributed by atoms with E-state index in [9.17, 15) is 9.59 Å². The number of nitrogens with one attached hydrogen (secondary N) is 1. The molecule has 1 N–H and O–H groups in total. The molecule has 0 saturated heterocycles. The van der Waals surface area contributed by atoms with Crippen LogP contribution in [-0.2, 0) is 22.6 Å². The van der Waals surface area contributed by atoms with Crippen molar-refractivity contribution in [3.05, 3.63) is 63.6 Å². The van der Waals surface area contributed by atoms with Crippen LogP contribution < -0.4 is 10.1 Å². The van der Waals surface area contributed by atoms with Gasteiger partial charge in [0.2, 0.25) is 5.91 Å². The van der Waals surface area contributed by atoms with Crippen molar-refractivity contribution in [2.45, 2.75) is 66.0 Å². The first-order valence-electron chi connectivity index (χ1n) is 11.4. The second-order valence-corrected chi connectivity index (χ2v) is 8.78. The van der Waals surface area contributed by atoms with E-state index in [1.807, 2.05) is 56.3 Å². The van der Waals surface area contributed by atoms with Gasteiger partial charge in [-0.1, -0.05) is 57.5 Å². The first kappa shape index (κ1) is 25.9. The molecule has 2 aromatic rings. The van der Waals surface area contributed by atoms with Crippen LogP contribution in [0.15, 0.2) is 46.9 Å². The fraction of sp³-hybridized carbons (Fsp3) is 0.462. The van der Waals surface area contributed by atoms with Gasteiger partial charge in [0.25, 0.3) is 5.91 Å². The third-order valence-electron chi connectivity index (χ3n) is 5.57. The Kier molecular flexibility index (Phi) is 10.7. The fourth-order valence-corrected chi connectivity index (χ4v) is 4.04. The van der Waals surface area contributed by atoms with Crippen molar-refractivity contribution in [3.8, 4) is 5.75 Å². The number of aryl methyl sites for hydroxylation is 2. The normalized spacial score (nSPS) is 11.7. The maximum absolute atomic E-state index is 13.3. The van der Waals surface area contributed by atoms with E-state index in [1.54, 1.807) is 4.90 Å². The van der Waals surface area contributed by atoms with Crippen LogP contribution in [0.5, 0.6) is 5.75 Å². The van der Waals surface area contributed by atoms with Gasteiger partial charge in [-0.2, -0.15) is 0 Å². The summed E-state index contributed by atoms with van der Waals surface area (Å²) in [6.45, 7) is 8.97. The highest BCUT2D eigenvalue weighted by atomic mass is 79.9. The van der Waals surface area contributed by atoms with E-state index >= 15 is 0 Å². The van der Waals surface area contributed by atoms with Crippen molar-refractivity contribution in [2.24, 2.45) is 0 Å². The molecule has 0 saturated carbocycles. The van der Waals surface area contributed by atoms with Crippen LogP contribution in [0.25, 0.3) is 0 Å². The van der Waals surface area contributed by atoms with Crippen molar-refractivity contribution in [2.75, 3.05) is 13.2 Å². The molecular formula is C26H35BrN2O3. The molecule has 0 aliphatic heterocycles. The number of amides is 2. The molecule has 1 atom stereocenters. The molecule has 0 bridgehead atoms. The largest absolute Gasteiger partial charge is 0.483 e. The Labute approximate surface area is 200 Å². The molecule has 0 radical (unpaired) electrons. The Morgan fingerprint density at radius 1 is 1.12 bits per heavy atom. The topological polar surface area (TPSA) is 58.6 Å². The smallest absolute Gasteiger partial charge is 0.261 e. The van der Waals surface area contributed by atoms with Gasteiger partial charge in [0.05, 0.1) is 4.47 Å². The zero-order valence-electron chi connectivity index (χ0n) is 19.6. The molecule has 0 unspecified atom stereocenters. The molecule has 2 amide bonds. The van der Waals surface area contributed by atoms with Crippen LogP contribution in [0, 0.1) is 6.92 Å². The van der Waals surface area contributed by atoms with Crippen LogP contribution in [0.2, 0.25) is 0 Å².